The summed E-state index contributed by atoms with van der Waals surface area (Å²) in [5, 5.41) is 16.7. The molecular weight excluding hydrogens is 413 g/mol. The van der Waals surface area contributed by atoms with Crippen LogP contribution in [0.15, 0.2) is 67.1 Å². The van der Waals surface area contributed by atoms with E-state index in [0.29, 0.717) is 21.6 Å². The zero-order chi connectivity index (χ0) is 22.7. The Morgan fingerprint density at radius 3 is 2.50 bits per heavy atom. The van der Waals surface area contributed by atoms with Crippen LogP contribution in [0.4, 0.5) is 4.39 Å². The summed E-state index contributed by atoms with van der Waals surface area (Å²) in [7, 11) is 0. The van der Waals surface area contributed by atoms with E-state index in [4.69, 9.17) is 0 Å². The molecule has 0 radical (unpaired) electrons. The first-order valence-electron chi connectivity index (χ1n) is 9.88. The summed E-state index contributed by atoms with van der Waals surface area (Å²) in [6.45, 7) is 2.13. The smallest absolute Gasteiger partial charge is 0.271 e. The van der Waals surface area contributed by atoms with Crippen LogP contribution in [-0.2, 0) is 13.1 Å². The first-order valence-corrected chi connectivity index (χ1v) is 9.88. The number of aromatic nitrogens is 3. The minimum Gasteiger partial charge on any atom is -0.619 e. The third kappa shape index (κ3) is 4.56. The molecule has 2 N–H and O–H groups in total. The molecule has 0 fully saturated rings. The predicted octanol–water partition coefficient (Wildman–Crippen LogP) is 2.28. The Morgan fingerprint density at radius 2 is 1.75 bits per heavy atom. The average molecular weight is 433 g/mol. The number of carbonyl (C=O) groups excluding carboxylic acids is 2. The van der Waals surface area contributed by atoms with Crippen LogP contribution < -0.4 is 15.4 Å². The summed E-state index contributed by atoms with van der Waals surface area (Å²) in [6, 6.07) is 12.9. The van der Waals surface area contributed by atoms with Gasteiger partial charge in [-0.15, -0.1) is 0 Å². The van der Waals surface area contributed by atoms with Crippen molar-refractivity contribution >= 4 is 17.5 Å². The van der Waals surface area contributed by atoms with Gasteiger partial charge in [0.25, 0.3) is 11.8 Å². The highest BCUT2D eigenvalue weighted by atomic mass is 19.1. The van der Waals surface area contributed by atoms with E-state index in [2.05, 4.69) is 15.6 Å². The van der Waals surface area contributed by atoms with Gasteiger partial charge >= 0.3 is 0 Å². The normalized spacial score (nSPS) is 10.8. The molecule has 0 atom stereocenters. The molecule has 0 bridgehead atoms. The lowest BCUT2D eigenvalue weighted by Gasteiger charge is -2.07. The predicted molar refractivity (Wildman–Crippen MR) is 114 cm³/mol. The van der Waals surface area contributed by atoms with E-state index in [1.807, 2.05) is 0 Å². The molecule has 0 aliphatic carbocycles. The average Bonchev–Trinajstić information content (AvgIpc) is 3.23. The molecule has 1 aromatic carbocycles. The molecule has 0 aliphatic heterocycles. The fourth-order valence-corrected chi connectivity index (χ4v) is 3.23. The summed E-state index contributed by atoms with van der Waals surface area (Å²) in [6.07, 6.45) is 4.21. The number of benzene rings is 1. The lowest BCUT2D eigenvalue weighted by Crippen LogP contribution is -2.27. The quantitative estimate of drug-likeness (QED) is 0.360. The molecule has 9 heteroatoms. The largest absolute Gasteiger partial charge is 0.619 e. The Hall–Kier alpha value is -4.27. The maximum atomic E-state index is 13.4. The van der Waals surface area contributed by atoms with E-state index >= 15 is 0 Å². The number of fused-ring (bicyclic) bond motifs is 1. The maximum Gasteiger partial charge on any atom is 0.271 e. The fraction of sp³-hybridized carbons (Fsp3) is 0.130. The van der Waals surface area contributed by atoms with Crippen molar-refractivity contribution in [2.45, 2.75) is 20.0 Å². The lowest BCUT2D eigenvalue weighted by molar-refractivity contribution is -0.605. The van der Waals surface area contributed by atoms with Crippen molar-refractivity contribution in [2.24, 2.45) is 0 Å². The van der Waals surface area contributed by atoms with Gasteiger partial charge in [-0.1, -0.05) is 18.2 Å². The van der Waals surface area contributed by atoms with Gasteiger partial charge in [0.1, 0.15) is 22.9 Å². The molecule has 8 nitrogen and oxygen atoms in total. The summed E-state index contributed by atoms with van der Waals surface area (Å²) in [5.41, 5.74) is 2.98. The number of aryl methyl sites for hydroxylation is 1. The van der Waals surface area contributed by atoms with Gasteiger partial charge in [-0.2, -0.15) is 4.73 Å². The molecule has 3 aromatic heterocycles. The number of nitrogens with one attached hydrogen (secondary N) is 2. The molecule has 162 valence electrons. The van der Waals surface area contributed by atoms with Crippen LogP contribution >= 0.6 is 0 Å². The molecular formula is C23H20FN5O3. The van der Waals surface area contributed by atoms with Crippen molar-refractivity contribution in [1.29, 1.82) is 0 Å². The van der Waals surface area contributed by atoms with Gasteiger partial charge in [0.05, 0.1) is 0 Å². The minimum absolute atomic E-state index is 0.159. The summed E-state index contributed by atoms with van der Waals surface area (Å²) < 4.78 is 15.6. The zero-order valence-corrected chi connectivity index (χ0v) is 17.2. The van der Waals surface area contributed by atoms with Crippen LogP contribution in [0.2, 0.25) is 0 Å². The minimum atomic E-state index is -0.405. The van der Waals surface area contributed by atoms with Crippen molar-refractivity contribution < 1.29 is 18.7 Å². The number of halogens is 1. The third-order valence-corrected chi connectivity index (χ3v) is 4.96. The van der Waals surface area contributed by atoms with Crippen molar-refractivity contribution in [3.8, 4) is 0 Å². The van der Waals surface area contributed by atoms with Crippen LogP contribution in [0, 0.1) is 17.9 Å². The van der Waals surface area contributed by atoms with Crippen molar-refractivity contribution in [1.82, 2.24) is 20.0 Å². The zero-order valence-electron chi connectivity index (χ0n) is 17.2. The highest BCUT2D eigenvalue weighted by Crippen LogP contribution is 2.12. The van der Waals surface area contributed by atoms with E-state index in [9.17, 15) is 19.2 Å². The van der Waals surface area contributed by atoms with E-state index in [1.165, 1.54) is 24.7 Å². The number of amides is 2. The third-order valence-electron chi connectivity index (χ3n) is 4.96. The SMILES string of the molecule is Cc1cc(CNC(=O)c2cn3c(C(=O)NCc4cc[n+]([O-])cc4)cccc3n2)ccc1F. The van der Waals surface area contributed by atoms with Gasteiger partial charge in [-0.05, 0) is 41.8 Å². The molecule has 4 aromatic rings. The first-order chi connectivity index (χ1) is 15.4. The van der Waals surface area contributed by atoms with Gasteiger partial charge in [0, 0.05) is 31.4 Å². The molecule has 4 rings (SSSR count). The Labute approximate surface area is 182 Å². The van der Waals surface area contributed by atoms with Crippen molar-refractivity contribution in [3.05, 3.63) is 106 Å². The number of hydrogen-bond acceptors (Lipinski definition) is 4. The van der Waals surface area contributed by atoms with Crippen LogP contribution in [0.25, 0.3) is 5.65 Å². The molecule has 0 saturated heterocycles. The number of carbonyl (C=O) groups is 2. The monoisotopic (exact) mass is 433 g/mol. The Balaban J connectivity index is 1.47. The van der Waals surface area contributed by atoms with Crippen molar-refractivity contribution in [3.63, 3.8) is 0 Å². The second-order valence-corrected chi connectivity index (χ2v) is 7.28. The van der Waals surface area contributed by atoms with E-state index in [0.717, 1.165) is 11.1 Å². The summed E-state index contributed by atoms with van der Waals surface area (Å²) in [4.78, 5) is 29.6. The number of hydrogen-bond donors (Lipinski definition) is 2. The Kier molecular flexibility index (Phi) is 5.80. The van der Waals surface area contributed by atoms with Gasteiger partial charge in [-0.25, -0.2) is 9.37 Å². The van der Waals surface area contributed by atoms with Gasteiger partial charge in [-0.3, -0.25) is 14.0 Å². The molecule has 0 saturated carbocycles. The Morgan fingerprint density at radius 1 is 1.03 bits per heavy atom. The highest BCUT2D eigenvalue weighted by Gasteiger charge is 2.15. The highest BCUT2D eigenvalue weighted by molar-refractivity contribution is 5.95. The Bertz CT molecular complexity index is 1300. The summed E-state index contributed by atoms with van der Waals surface area (Å²) >= 11 is 0. The van der Waals surface area contributed by atoms with Crippen LogP contribution in [0.3, 0.4) is 0 Å². The van der Waals surface area contributed by atoms with Crippen molar-refractivity contribution in [2.75, 3.05) is 0 Å². The number of imidazole rings is 1. The second-order valence-electron chi connectivity index (χ2n) is 7.28. The molecule has 2 amide bonds. The molecule has 0 aliphatic rings. The standard InChI is InChI=1S/C23H20FN5O3/c1-15-11-17(5-6-18(15)24)13-25-22(30)19-14-29-20(3-2-4-21(29)27-19)23(31)26-12-16-7-9-28(32)10-8-16/h2-11,14H,12-13H2,1H3,(H,25,30)(H,26,31). The molecule has 3 heterocycles. The first kappa shape index (κ1) is 21.0. The lowest BCUT2D eigenvalue weighted by atomic mass is 10.1. The molecule has 32 heavy (non-hydrogen) atoms. The maximum absolute atomic E-state index is 13.4. The van der Waals surface area contributed by atoms with E-state index < -0.39 is 5.91 Å². The molecule has 0 spiro atoms. The molecule has 0 unspecified atom stereocenters. The van der Waals surface area contributed by atoms with Gasteiger partial charge in [0.2, 0.25) is 0 Å². The van der Waals surface area contributed by atoms with Crippen LogP contribution in [0.1, 0.15) is 37.7 Å². The van der Waals surface area contributed by atoms with Crippen LogP contribution in [-0.4, -0.2) is 21.2 Å². The van der Waals surface area contributed by atoms with Crippen LogP contribution in [0.5, 0.6) is 0 Å². The topological polar surface area (TPSA) is 102 Å². The number of nitrogens with zero attached hydrogens (tertiary/aromatic N) is 3. The summed E-state index contributed by atoms with van der Waals surface area (Å²) in [5.74, 6) is -1.05. The fourth-order valence-electron chi connectivity index (χ4n) is 3.23. The van der Waals surface area contributed by atoms with E-state index in [-0.39, 0.29) is 30.5 Å². The van der Waals surface area contributed by atoms with Gasteiger partial charge < -0.3 is 15.8 Å². The number of pyridine rings is 2. The van der Waals surface area contributed by atoms with E-state index in [1.54, 1.807) is 53.8 Å². The second kappa shape index (κ2) is 8.84. The number of rotatable bonds is 6. The van der Waals surface area contributed by atoms with Gasteiger partial charge in [0.15, 0.2) is 12.4 Å².